The average Bonchev–Trinajstić information content (AvgIpc) is 2.38. The van der Waals surface area contributed by atoms with Gasteiger partial charge in [-0.1, -0.05) is 43.5 Å². The summed E-state index contributed by atoms with van der Waals surface area (Å²) in [4.78, 5) is 23.1. The van der Waals surface area contributed by atoms with Crippen molar-refractivity contribution in [1.82, 2.24) is 0 Å². The highest BCUT2D eigenvalue weighted by Crippen LogP contribution is 2.02. The smallest absolute Gasteiger partial charge is 0.492 e. The van der Waals surface area contributed by atoms with Gasteiger partial charge in [-0.25, -0.2) is 9.59 Å². The van der Waals surface area contributed by atoms with Crippen molar-refractivity contribution in [2.24, 2.45) is 0 Å². The van der Waals surface area contributed by atoms with Crippen LogP contribution in [0.3, 0.4) is 0 Å². The summed E-state index contributed by atoms with van der Waals surface area (Å²) in [6.45, 7) is 10.0. The zero-order valence-electron chi connectivity index (χ0n) is 11.0. The molecule has 0 N–H and O–H groups in total. The van der Waals surface area contributed by atoms with Gasteiger partial charge in [0.25, 0.3) is 0 Å². The Hall–Kier alpha value is -2.30. The van der Waals surface area contributed by atoms with Gasteiger partial charge in [0, 0.05) is 16.6 Å². The van der Waals surface area contributed by atoms with Crippen LogP contribution < -0.4 is 5.46 Å². The summed E-state index contributed by atoms with van der Waals surface area (Å²) in [6.07, 6.45) is 0. The third-order valence-corrected chi connectivity index (χ3v) is 2.20. The van der Waals surface area contributed by atoms with E-state index in [-0.39, 0.29) is 11.1 Å². The van der Waals surface area contributed by atoms with Gasteiger partial charge in [0.15, 0.2) is 0 Å². The van der Waals surface area contributed by atoms with E-state index in [1.165, 1.54) is 13.8 Å². The molecular formula is C14H15BO4. The van der Waals surface area contributed by atoms with Crippen molar-refractivity contribution in [3.05, 3.63) is 54.6 Å². The molecule has 0 radical (unpaired) electrons. The number of carbonyl (C=O) groups is 2. The maximum atomic E-state index is 11.5. The lowest BCUT2D eigenvalue weighted by Gasteiger charge is -2.14. The van der Waals surface area contributed by atoms with Gasteiger partial charge in [-0.15, -0.1) is 0 Å². The molecule has 0 amide bonds. The fraction of sp³-hybridized carbons (Fsp3) is 0.143. The molecule has 0 saturated heterocycles. The minimum Gasteiger partial charge on any atom is -0.492 e. The fourth-order valence-corrected chi connectivity index (χ4v) is 1.17. The molecule has 0 heterocycles. The molecule has 0 unspecified atom stereocenters. The molecule has 0 bridgehead atoms. The SMILES string of the molecule is C=C(C)C(=O)OB(OC(=O)C(=C)C)c1ccccc1. The van der Waals surface area contributed by atoms with Gasteiger partial charge >= 0.3 is 19.1 Å². The number of hydrogen-bond acceptors (Lipinski definition) is 4. The van der Waals surface area contributed by atoms with Gasteiger partial charge in [0.1, 0.15) is 0 Å². The summed E-state index contributed by atoms with van der Waals surface area (Å²) in [5.41, 5.74) is 1.02. The summed E-state index contributed by atoms with van der Waals surface area (Å²) in [7, 11) is -1.10. The lowest BCUT2D eigenvalue weighted by atomic mass is 9.78. The summed E-state index contributed by atoms with van der Waals surface area (Å²) < 4.78 is 10.2. The molecule has 0 fully saturated rings. The van der Waals surface area contributed by atoms with Crippen molar-refractivity contribution in [3.8, 4) is 0 Å². The van der Waals surface area contributed by atoms with E-state index in [1.807, 2.05) is 6.07 Å². The van der Waals surface area contributed by atoms with Gasteiger partial charge in [0.05, 0.1) is 0 Å². The van der Waals surface area contributed by atoms with Crippen molar-refractivity contribution < 1.29 is 18.9 Å². The first-order chi connectivity index (χ1) is 8.91. The molecule has 0 aliphatic heterocycles. The first kappa shape index (κ1) is 14.8. The number of hydrogen-bond donors (Lipinski definition) is 0. The molecule has 0 aromatic heterocycles. The predicted octanol–water partition coefficient (Wildman–Crippen LogP) is 1.62. The quantitative estimate of drug-likeness (QED) is 0.594. The van der Waals surface area contributed by atoms with Gasteiger partial charge < -0.3 is 9.31 Å². The summed E-state index contributed by atoms with van der Waals surface area (Å²) in [5, 5.41) is 0. The molecule has 0 aliphatic carbocycles. The Kier molecular flexibility index (Phi) is 5.12. The molecule has 0 spiro atoms. The minimum atomic E-state index is -1.10. The first-order valence-electron chi connectivity index (χ1n) is 5.69. The molecule has 1 aromatic carbocycles. The van der Waals surface area contributed by atoms with E-state index in [1.54, 1.807) is 24.3 Å². The molecule has 0 atom stereocenters. The zero-order valence-corrected chi connectivity index (χ0v) is 11.0. The van der Waals surface area contributed by atoms with Gasteiger partial charge in [-0.05, 0) is 13.8 Å². The number of rotatable bonds is 5. The Labute approximate surface area is 112 Å². The number of benzene rings is 1. The van der Waals surface area contributed by atoms with E-state index in [4.69, 9.17) is 9.31 Å². The highest BCUT2D eigenvalue weighted by Gasteiger charge is 2.30. The van der Waals surface area contributed by atoms with Crippen molar-refractivity contribution in [3.63, 3.8) is 0 Å². The second kappa shape index (κ2) is 6.59. The Balaban J connectivity index is 2.91. The van der Waals surface area contributed by atoms with E-state index in [2.05, 4.69) is 13.2 Å². The maximum Gasteiger partial charge on any atom is 0.636 e. The van der Waals surface area contributed by atoms with E-state index >= 15 is 0 Å². The van der Waals surface area contributed by atoms with E-state index in [0.29, 0.717) is 5.46 Å². The largest absolute Gasteiger partial charge is 0.636 e. The number of carbonyl (C=O) groups excluding carboxylic acids is 2. The normalized spacial score (nSPS) is 9.37. The molecule has 4 nitrogen and oxygen atoms in total. The molecule has 0 aliphatic rings. The molecule has 0 saturated carbocycles. The zero-order chi connectivity index (χ0) is 14.4. The van der Waals surface area contributed by atoms with E-state index < -0.39 is 19.1 Å². The second-order valence-corrected chi connectivity index (χ2v) is 4.11. The highest BCUT2D eigenvalue weighted by atomic mass is 16.6. The molecular weight excluding hydrogens is 243 g/mol. The van der Waals surface area contributed by atoms with Crippen molar-refractivity contribution in [2.75, 3.05) is 0 Å². The Morgan fingerprint density at radius 3 is 1.74 bits per heavy atom. The van der Waals surface area contributed by atoms with E-state index in [0.717, 1.165) is 0 Å². The molecule has 1 aromatic rings. The highest BCUT2D eigenvalue weighted by molar-refractivity contribution is 6.64. The lowest BCUT2D eigenvalue weighted by Crippen LogP contribution is -2.40. The van der Waals surface area contributed by atoms with Crippen LogP contribution >= 0.6 is 0 Å². The fourth-order valence-electron chi connectivity index (χ4n) is 1.17. The van der Waals surface area contributed by atoms with Crippen molar-refractivity contribution in [2.45, 2.75) is 13.8 Å². The van der Waals surface area contributed by atoms with Crippen molar-refractivity contribution >= 4 is 24.5 Å². The first-order valence-corrected chi connectivity index (χ1v) is 5.69. The van der Waals surface area contributed by atoms with E-state index in [9.17, 15) is 9.59 Å². The standard InChI is InChI=1S/C14H15BO4/c1-10(2)13(16)18-15(19-14(17)11(3)4)12-8-6-5-7-9-12/h5-9H,1,3H2,2,4H3. The van der Waals surface area contributed by atoms with Crippen LogP contribution in [0.1, 0.15) is 13.8 Å². The van der Waals surface area contributed by atoms with Gasteiger partial charge in [0.2, 0.25) is 0 Å². The Morgan fingerprint density at radius 2 is 1.37 bits per heavy atom. The Morgan fingerprint density at radius 1 is 0.947 bits per heavy atom. The molecule has 5 heteroatoms. The van der Waals surface area contributed by atoms with Crippen LogP contribution in [0.2, 0.25) is 0 Å². The third kappa shape index (κ3) is 4.46. The van der Waals surface area contributed by atoms with Crippen molar-refractivity contribution in [1.29, 1.82) is 0 Å². The second-order valence-electron chi connectivity index (χ2n) is 4.11. The summed E-state index contributed by atoms with van der Waals surface area (Å²) >= 11 is 0. The third-order valence-electron chi connectivity index (χ3n) is 2.20. The van der Waals surface area contributed by atoms with Crippen LogP contribution in [0.15, 0.2) is 54.6 Å². The van der Waals surface area contributed by atoms with Gasteiger partial charge in [-0.3, -0.25) is 0 Å². The Bertz CT molecular complexity index is 479. The van der Waals surface area contributed by atoms with Crippen LogP contribution in [0.5, 0.6) is 0 Å². The summed E-state index contributed by atoms with van der Waals surface area (Å²) in [6, 6.07) is 8.71. The van der Waals surface area contributed by atoms with Crippen LogP contribution in [0.4, 0.5) is 0 Å². The van der Waals surface area contributed by atoms with Crippen LogP contribution in [-0.4, -0.2) is 19.1 Å². The summed E-state index contributed by atoms with van der Waals surface area (Å²) in [5.74, 6) is -1.24. The predicted molar refractivity (Wildman–Crippen MR) is 73.6 cm³/mol. The molecule has 98 valence electrons. The monoisotopic (exact) mass is 258 g/mol. The lowest BCUT2D eigenvalue weighted by molar-refractivity contribution is -0.135. The van der Waals surface area contributed by atoms with Crippen LogP contribution in [-0.2, 0) is 18.9 Å². The van der Waals surface area contributed by atoms with Crippen LogP contribution in [0.25, 0.3) is 0 Å². The molecule has 19 heavy (non-hydrogen) atoms. The minimum absolute atomic E-state index is 0.229. The van der Waals surface area contributed by atoms with Crippen LogP contribution in [0, 0.1) is 0 Å². The molecule has 1 rings (SSSR count). The maximum absolute atomic E-state index is 11.5. The average molecular weight is 258 g/mol. The topological polar surface area (TPSA) is 52.6 Å². The van der Waals surface area contributed by atoms with Gasteiger partial charge in [-0.2, -0.15) is 0 Å².